The fourth-order valence-electron chi connectivity index (χ4n) is 3.71. The highest BCUT2D eigenvalue weighted by Crippen LogP contribution is 2.39. The van der Waals surface area contributed by atoms with Gasteiger partial charge >= 0.3 is 0 Å². The van der Waals surface area contributed by atoms with Crippen LogP contribution in [0.15, 0.2) is 30.3 Å². The molecule has 7 nitrogen and oxygen atoms in total. The fraction of sp³-hybridized carbons (Fsp3) is 0.417. The summed E-state index contributed by atoms with van der Waals surface area (Å²) in [4.78, 5) is 26.9. The van der Waals surface area contributed by atoms with Gasteiger partial charge in [-0.3, -0.25) is 9.59 Å². The lowest BCUT2D eigenvalue weighted by Crippen LogP contribution is -2.34. The third kappa shape index (κ3) is 4.93. The second-order valence-corrected chi connectivity index (χ2v) is 7.04. The monoisotopic (exact) mass is 426 g/mol. The van der Waals surface area contributed by atoms with Gasteiger partial charge in [0.2, 0.25) is 11.7 Å². The summed E-state index contributed by atoms with van der Waals surface area (Å²) in [6.07, 6.45) is 1.15. The lowest BCUT2D eigenvalue weighted by molar-refractivity contribution is -0.118. The highest BCUT2D eigenvalue weighted by molar-refractivity contribution is 6.05. The molecular formula is C24H30N2O5. The van der Waals surface area contributed by atoms with Crippen molar-refractivity contribution in [3.63, 3.8) is 0 Å². The summed E-state index contributed by atoms with van der Waals surface area (Å²) >= 11 is 0. The predicted molar refractivity (Wildman–Crippen MR) is 121 cm³/mol. The van der Waals surface area contributed by atoms with Crippen LogP contribution in [0.2, 0.25) is 0 Å². The molecule has 166 valence electrons. The first-order chi connectivity index (χ1) is 15.0. The van der Waals surface area contributed by atoms with Crippen LogP contribution < -0.4 is 24.4 Å². The molecule has 3 rings (SSSR count). The second kappa shape index (κ2) is 10.2. The number of rotatable bonds is 9. The van der Waals surface area contributed by atoms with Crippen LogP contribution in [0.3, 0.4) is 0 Å². The number of ether oxygens (including phenoxy) is 3. The summed E-state index contributed by atoms with van der Waals surface area (Å²) < 4.78 is 17.1. The van der Waals surface area contributed by atoms with Gasteiger partial charge in [0.25, 0.3) is 5.91 Å². The summed E-state index contributed by atoms with van der Waals surface area (Å²) in [6.45, 7) is 9.56. The van der Waals surface area contributed by atoms with E-state index < -0.39 is 0 Å². The highest BCUT2D eigenvalue weighted by atomic mass is 16.5. The van der Waals surface area contributed by atoms with Crippen molar-refractivity contribution >= 4 is 23.2 Å². The van der Waals surface area contributed by atoms with E-state index in [2.05, 4.69) is 5.32 Å². The average Bonchev–Trinajstić information content (AvgIpc) is 2.76. The first-order valence-corrected chi connectivity index (χ1v) is 10.8. The van der Waals surface area contributed by atoms with Gasteiger partial charge in [-0.25, -0.2) is 0 Å². The number of amides is 2. The molecule has 0 atom stereocenters. The van der Waals surface area contributed by atoms with Crippen molar-refractivity contribution in [3.05, 3.63) is 41.5 Å². The average molecular weight is 427 g/mol. The van der Waals surface area contributed by atoms with E-state index in [1.165, 1.54) is 0 Å². The van der Waals surface area contributed by atoms with Crippen molar-refractivity contribution in [2.75, 3.05) is 36.6 Å². The van der Waals surface area contributed by atoms with Crippen molar-refractivity contribution in [1.29, 1.82) is 0 Å². The molecule has 0 radical (unpaired) electrons. The van der Waals surface area contributed by atoms with E-state index in [1.807, 2.05) is 45.9 Å². The smallest absolute Gasteiger partial charge is 0.255 e. The zero-order valence-electron chi connectivity index (χ0n) is 18.6. The third-order valence-corrected chi connectivity index (χ3v) is 5.02. The number of aryl methyl sites for hydroxylation is 1. The third-order valence-electron chi connectivity index (χ3n) is 5.02. The number of anilines is 2. The van der Waals surface area contributed by atoms with Crippen LogP contribution in [-0.4, -0.2) is 38.2 Å². The Hall–Kier alpha value is -3.22. The molecule has 1 aliphatic rings. The van der Waals surface area contributed by atoms with Crippen LogP contribution in [0.4, 0.5) is 11.4 Å². The Labute approximate surface area is 183 Å². The molecule has 0 spiro atoms. The van der Waals surface area contributed by atoms with E-state index >= 15 is 0 Å². The van der Waals surface area contributed by atoms with Crippen molar-refractivity contribution in [3.8, 4) is 17.2 Å². The number of hydrogen-bond acceptors (Lipinski definition) is 5. The maximum absolute atomic E-state index is 13.0. The van der Waals surface area contributed by atoms with Crippen LogP contribution in [-0.2, 0) is 11.2 Å². The van der Waals surface area contributed by atoms with Crippen LogP contribution in [0.1, 0.15) is 50.0 Å². The Bertz CT molecular complexity index is 930. The van der Waals surface area contributed by atoms with E-state index in [0.717, 1.165) is 11.3 Å². The summed E-state index contributed by atoms with van der Waals surface area (Å²) in [6, 6.07) is 8.98. The number of benzene rings is 2. The molecule has 0 aliphatic carbocycles. The van der Waals surface area contributed by atoms with Crippen molar-refractivity contribution in [1.82, 2.24) is 0 Å². The lowest BCUT2D eigenvalue weighted by atomic mass is 10.0. The topological polar surface area (TPSA) is 77.1 Å². The number of nitrogens with one attached hydrogen (secondary N) is 1. The van der Waals surface area contributed by atoms with Gasteiger partial charge in [0.15, 0.2) is 11.5 Å². The Balaban J connectivity index is 1.88. The van der Waals surface area contributed by atoms with Gasteiger partial charge < -0.3 is 24.4 Å². The maximum atomic E-state index is 13.0. The summed E-state index contributed by atoms with van der Waals surface area (Å²) in [5, 5.41) is 2.95. The summed E-state index contributed by atoms with van der Waals surface area (Å²) in [7, 11) is 0. The molecule has 7 heteroatoms. The Morgan fingerprint density at radius 2 is 1.58 bits per heavy atom. The molecule has 2 amide bonds. The molecule has 0 bridgehead atoms. The van der Waals surface area contributed by atoms with Crippen molar-refractivity contribution < 1.29 is 23.8 Å². The molecular weight excluding hydrogens is 396 g/mol. The summed E-state index contributed by atoms with van der Waals surface area (Å²) in [5.41, 5.74) is 3.06. The van der Waals surface area contributed by atoms with Crippen molar-refractivity contribution in [2.24, 2.45) is 0 Å². The van der Waals surface area contributed by atoms with E-state index in [-0.39, 0.29) is 11.8 Å². The van der Waals surface area contributed by atoms with Gasteiger partial charge in [0.05, 0.1) is 19.8 Å². The SMILES string of the molecule is CCOc1cc(C(=O)Nc2ccc3c(c2)CCC(=O)N3CC)cc(OCC)c1OCC. The number of nitrogens with zero attached hydrogens (tertiary/aromatic N) is 1. The minimum atomic E-state index is -0.274. The zero-order chi connectivity index (χ0) is 22.4. The fourth-order valence-corrected chi connectivity index (χ4v) is 3.71. The number of fused-ring (bicyclic) bond motifs is 1. The van der Waals surface area contributed by atoms with Gasteiger partial charge in [-0.1, -0.05) is 0 Å². The maximum Gasteiger partial charge on any atom is 0.255 e. The molecule has 0 fully saturated rings. The largest absolute Gasteiger partial charge is 0.490 e. The highest BCUT2D eigenvalue weighted by Gasteiger charge is 2.23. The van der Waals surface area contributed by atoms with E-state index in [0.29, 0.717) is 67.7 Å². The quantitative estimate of drug-likeness (QED) is 0.642. The first kappa shape index (κ1) is 22.5. The summed E-state index contributed by atoms with van der Waals surface area (Å²) in [5.74, 6) is 1.31. The molecule has 1 aliphatic heterocycles. The normalized spacial score (nSPS) is 12.9. The standard InChI is InChI=1S/C24H30N2O5/c1-5-26-19-11-10-18(13-16(19)9-12-22(26)27)25-24(28)17-14-20(29-6-2)23(31-8-4)21(15-17)30-7-3/h10-11,13-15H,5-9,12H2,1-4H3,(H,25,28). The lowest BCUT2D eigenvalue weighted by Gasteiger charge is -2.28. The second-order valence-electron chi connectivity index (χ2n) is 7.04. The van der Waals surface area contributed by atoms with Crippen LogP contribution in [0, 0.1) is 0 Å². The predicted octanol–water partition coefficient (Wildman–Crippen LogP) is 4.43. The van der Waals surface area contributed by atoms with E-state index in [1.54, 1.807) is 17.0 Å². The molecule has 2 aromatic carbocycles. The van der Waals surface area contributed by atoms with Crippen LogP contribution >= 0.6 is 0 Å². The minimum Gasteiger partial charge on any atom is -0.490 e. The Morgan fingerprint density at radius 3 is 2.16 bits per heavy atom. The molecule has 0 aromatic heterocycles. The zero-order valence-corrected chi connectivity index (χ0v) is 18.6. The Morgan fingerprint density at radius 1 is 0.935 bits per heavy atom. The molecule has 1 heterocycles. The van der Waals surface area contributed by atoms with E-state index in [9.17, 15) is 9.59 Å². The van der Waals surface area contributed by atoms with E-state index in [4.69, 9.17) is 14.2 Å². The van der Waals surface area contributed by atoms with Crippen LogP contribution in [0.25, 0.3) is 0 Å². The number of hydrogen-bond donors (Lipinski definition) is 1. The van der Waals surface area contributed by atoms with Gasteiger partial charge in [0, 0.05) is 29.9 Å². The molecule has 0 saturated heterocycles. The Kier molecular flexibility index (Phi) is 7.39. The minimum absolute atomic E-state index is 0.132. The van der Waals surface area contributed by atoms with Gasteiger partial charge in [-0.15, -0.1) is 0 Å². The van der Waals surface area contributed by atoms with Gasteiger partial charge in [0.1, 0.15) is 0 Å². The van der Waals surface area contributed by atoms with Crippen molar-refractivity contribution in [2.45, 2.75) is 40.5 Å². The number of carbonyl (C=O) groups excluding carboxylic acids is 2. The molecule has 0 unspecified atom stereocenters. The molecule has 31 heavy (non-hydrogen) atoms. The molecule has 2 aromatic rings. The van der Waals surface area contributed by atoms with Crippen LogP contribution in [0.5, 0.6) is 17.2 Å². The first-order valence-electron chi connectivity index (χ1n) is 10.8. The van der Waals surface area contributed by atoms with Gasteiger partial charge in [-0.2, -0.15) is 0 Å². The number of carbonyl (C=O) groups is 2. The molecule has 0 saturated carbocycles. The van der Waals surface area contributed by atoms with Gasteiger partial charge in [-0.05, 0) is 70.0 Å². The molecule has 1 N–H and O–H groups in total.